The molecule has 1 saturated heterocycles. The zero-order valence-corrected chi connectivity index (χ0v) is 11.5. The van der Waals surface area contributed by atoms with Crippen LogP contribution in [0.3, 0.4) is 0 Å². The number of pyridine rings is 1. The number of amides is 1. The summed E-state index contributed by atoms with van der Waals surface area (Å²) in [6.07, 6.45) is 0.700. The number of rotatable bonds is 2. The zero-order valence-electron chi connectivity index (χ0n) is 11.5. The summed E-state index contributed by atoms with van der Waals surface area (Å²) >= 11 is 0. The molecule has 2 heterocycles. The standard InChI is InChI=1S/C14H18N4O/c1-4-12-14(19)16-5-6-18(12)13-11(8-15)9(2)7-10(3)17-13/h7,12H,4-6H2,1-3H3,(H,16,19). The SMILES string of the molecule is CCC1C(=O)NCCN1c1nc(C)cc(C)c1C#N. The molecule has 1 unspecified atom stereocenters. The van der Waals surface area contributed by atoms with Gasteiger partial charge in [0.15, 0.2) is 0 Å². The molecule has 1 atom stereocenters. The maximum absolute atomic E-state index is 11.9. The van der Waals surface area contributed by atoms with E-state index in [2.05, 4.69) is 16.4 Å². The van der Waals surface area contributed by atoms with Crippen LogP contribution in [0.25, 0.3) is 0 Å². The highest BCUT2D eigenvalue weighted by Gasteiger charge is 2.30. The van der Waals surface area contributed by atoms with Crippen LogP contribution >= 0.6 is 0 Å². The minimum Gasteiger partial charge on any atom is -0.353 e. The number of hydrogen-bond donors (Lipinski definition) is 1. The van der Waals surface area contributed by atoms with Gasteiger partial charge in [0.25, 0.3) is 0 Å². The van der Waals surface area contributed by atoms with Crippen LogP contribution in [0, 0.1) is 25.2 Å². The molecule has 1 aliphatic heterocycles. The largest absolute Gasteiger partial charge is 0.353 e. The third-order valence-electron chi connectivity index (χ3n) is 3.43. The Bertz CT molecular complexity index is 547. The molecule has 1 aromatic rings. The van der Waals surface area contributed by atoms with Gasteiger partial charge in [0.05, 0.1) is 5.56 Å². The summed E-state index contributed by atoms with van der Waals surface area (Å²) in [7, 11) is 0. The number of aromatic nitrogens is 1. The van der Waals surface area contributed by atoms with Crippen molar-refractivity contribution in [3.05, 3.63) is 22.9 Å². The number of carbonyl (C=O) groups excluding carboxylic acids is 1. The Labute approximate surface area is 113 Å². The number of nitriles is 1. The zero-order chi connectivity index (χ0) is 14.0. The Kier molecular flexibility index (Phi) is 3.70. The van der Waals surface area contributed by atoms with E-state index in [0.29, 0.717) is 30.9 Å². The number of nitrogens with one attached hydrogen (secondary N) is 1. The van der Waals surface area contributed by atoms with Gasteiger partial charge in [-0.1, -0.05) is 6.92 Å². The maximum atomic E-state index is 11.9. The van der Waals surface area contributed by atoms with Gasteiger partial charge in [-0.15, -0.1) is 0 Å². The van der Waals surface area contributed by atoms with Crippen molar-refractivity contribution in [3.63, 3.8) is 0 Å². The molecule has 1 aromatic heterocycles. The molecule has 1 aliphatic rings. The Hall–Kier alpha value is -2.09. The molecular formula is C14H18N4O. The highest BCUT2D eigenvalue weighted by molar-refractivity contribution is 5.86. The first-order chi connectivity index (χ1) is 9.08. The van der Waals surface area contributed by atoms with Gasteiger partial charge in [0.2, 0.25) is 5.91 Å². The van der Waals surface area contributed by atoms with Crippen molar-refractivity contribution in [3.8, 4) is 6.07 Å². The van der Waals surface area contributed by atoms with Gasteiger partial charge in [-0.2, -0.15) is 5.26 Å². The molecule has 19 heavy (non-hydrogen) atoms. The summed E-state index contributed by atoms with van der Waals surface area (Å²) in [5.41, 5.74) is 2.34. The van der Waals surface area contributed by atoms with Crippen LogP contribution in [0.5, 0.6) is 0 Å². The fourth-order valence-electron chi connectivity index (χ4n) is 2.54. The average Bonchev–Trinajstić information content (AvgIpc) is 2.37. The summed E-state index contributed by atoms with van der Waals surface area (Å²) in [5.74, 6) is 0.653. The summed E-state index contributed by atoms with van der Waals surface area (Å²) in [6.45, 7) is 7.06. The molecule has 1 amide bonds. The number of hydrogen-bond acceptors (Lipinski definition) is 4. The molecule has 0 spiro atoms. The Morgan fingerprint density at radius 3 is 2.95 bits per heavy atom. The number of nitrogens with zero attached hydrogens (tertiary/aromatic N) is 3. The maximum Gasteiger partial charge on any atom is 0.242 e. The van der Waals surface area contributed by atoms with E-state index in [1.54, 1.807) is 0 Å². The van der Waals surface area contributed by atoms with E-state index in [1.807, 2.05) is 31.7 Å². The van der Waals surface area contributed by atoms with E-state index in [9.17, 15) is 10.1 Å². The lowest BCUT2D eigenvalue weighted by Gasteiger charge is -2.36. The predicted octanol–water partition coefficient (Wildman–Crippen LogP) is 1.28. The van der Waals surface area contributed by atoms with Crippen molar-refractivity contribution < 1.29 is 4.79 Å². The van der Waals surface area contributed by atoms with Crippen LogP contribution in [0.15, 0.2) is 6.07 Å². The van der Waals surface area contributed by atoms with E-state index in [4.69, 9.17) is 0 Å². The third-order valence-corrected chi connectivity index (χ3v) is 3.43. The number of anilines is 1. The van der Waals surface area contributed by atoms with E-state index < -0.39 is 0 Å². The molecule has 1 N–H and O–H groups in total. The first-order valence-corrected chi connectivity index (χ1v) is 6.51. The van der Waals surface area contributed by atoms with Gasteiger partial charge in [0.1, 0.15) is 17.9 Å². The van der Waals surface area contributed by atoms with Crippen molar-refractivity contribution in [2.75, 3.05) is 18.0 Å². The van der Waals surface area contributed by atoms with E-state index in [1.165, 1.54) is 0 Å². The second-order valence-corrected chi connectivity index (χ2v) is 4.80. The van der Waals surface area contributed by atoms with Crippen molar-refractivity contribution in [1.29, 1.82) is 5.26 Å². The monoisotopic (exact) mass is 258 g/mol. The first kappa shape index (κ1) is 13.3. The lowest BCUT2D eigenvalue weighted by molar-refractivity contribution is -0.123. The summed E-state index contributed by atoms with van der Waals surface area (Å²) in [4.78, 5) is 18.4. The van der Waals surface area contributed by atoms with Gasteiger partial charge >= 0.3 is 0 Å². The van der Waals surface area contributed by atoms with E-state index in [-0.39, 0.29) is 11.9 Å². The molecule has 1 fully saturated rings. The second kappa shape index (κ2) is 5.27. The summed E-state index contributed by atoms with van der Waals surface area (Å²) < 4.78 is 0. The Morgan fingerprint density at radius 2 is 2.32 bits per heavy atom. The fourth-order valence-corrected chi connectivity index (χ4v) is 2.54. The van der Waals surface area contributed by atoms with Gasteiger partial charge in [-0.3, -0.25) is 4.79 Å². The Balaban J connectivity index is 2.51. The molecule has 0 aromatic carbocycles. The molecule has 100 valence electrons. The highest BCUT2D eigenvalue weighted by atomic mass is 16.2. The van der Waals surface area contributed by atoms with Crippen molar-refractivity contribution in [1.82, 2.24) is 10.3 Å². The van der Waals surface area contributed by atoms with Crippen LogP contribution < -0.4 is 10.2 Å². The molecule has 2 rings (SSSR count). The number of piperazine rings is 1. The minimum atomic E-state index is -0.241. The predicted molar refractivity (Wildman–Crippen MR) is 72.9 cm³/mol. The van der Waals surface area contributed by atoms with E-state index in [0.717, 1.165) is 11.3 Å². The van der Waals surface area contributed by atoms with Crippen LogP contribution in [-0.4, -0.2) is 30.0 Å². The summed E-state index contributed by atoms with van der Waals surface area (Å²) in [5, 5.41) is 12.2. The number of aryl methyl sites for hydroxylation is 2. The molecule has 5 nitrogen and oxygen atoms in total. The molecular weight excluding hydrogens is 240 g/mol. The van der Waals surface area contributed by atoms with Gasteiger partial charge in [0, 0.05) is 18.8 Å². The smallest absolute Gasteiger partial charge is 0.242 e. The highest BCUT2D eigenvalue weighted by Crippen LogP contribution is 2.25. The van der Waals surface area contributed by atoms with Crippen LogP contribution in [0.1, 0.15) is 30.2 Å². The van der Waals surface area contributed by atoms with Gasteiger partial charge < -0.3 is 10.2 Å². The third kappa shape index (κ3) is 2.39. The molecule has 0 radical (unpaired) electrons. The van der Waals surface area contributed by atoms with E-state index >= 15 is 0 Å². The minimum absolute atomic E-state index is 0.0126. The first-order valence-electron chi connectivity index (χ1n) is 6.51. The normalized spacial score (nSPS) is 18.9. The fraction of sp³-hybridized carbons (Fsp3) is 0.500. The lowest BCUT2D eigenvalue weighted by atomic mass is 10.1. The summed E-state index contributed by atoms with van der Waals surface area (Å²) in [6, 6.07) is 3.87. The number of carbonyl (C=O) groups is 1. The van der Waals surface area contributed by atoms with Crippen LogP contribution in [0.4, 0.5) is 5.82 Å². The lowest BCUT2D eigenvalue weighted by Crippen LogP contribution is -2.55. The van der Waals surface area contributed by atoms with Gasteiger partial charge in [-0.05, 0) is 31.9 Å². The van der Waals surface area contributed by atoms with Crippen LogP contribution in [-0.2, 0) is 4.79 Å². The molecule has 0 bridgehead atoms. The van der Waals surface area contributed by atoms with Crippen molar-refractivity contribution in [2.24, 2.45) is 0 Å². The quantitative estimate of drug-likeness (QED) is 0.867. The van der Waals surface area contributed by atoms with Crippen molar-refractivity contribution >= 4 is 11.7 Å². The second-order valence-electron chi connectivity index (χ2n) is 4.80. The van der Waals surface area contributed by atoms with Crippen LogP contribution in [0.2, 0.25) is 0 Å². The average molecular weight is 258 g/mol. The molecule has 0 aliphatic carbocycles. The topological polar surface area (TPSA) is 69.0 Å². The van der Waals surface area contributed by atoms with Crippen molar-refractivity contribution in [2.45, 2.75) is 33.2 Å². The molecule has 5 heteroatoms. The van der Waals surface area contributed by atoms with Gasteiger partial charge in [-0.25, -0.2) is 4.98 Å². The molecule has 0 saturated carbocycles. The Morgan fingerprint density at radius 1 is 1.58 bits per heavy atom.